The van der Waals surface area contributed by atoms with E-state index in [-0.39, 0.29) is 11.7 Å². The second-order valence-corrected chi connectivity index (χ2v) is 8.13. The molecule has 0 amide bonds. The molecular weight excluding hydrogens is 407 g/mol. The van der Waals surface area contributed by atoms with Gasteiger partial charge in [0, 0.05) is 37.8 Å². The first kappa shape index (κ1) is 21.9. The number of hydrogen-bond acceptors (Lipinski definition) is 5. The Balaban J connectivity index is 1.35. The lowest BCUT2D eigenvalue weighted by Crippen LogP contribution is -2.31. The summed E-state index contributed by atoms with van der Waals surface area (Å²) in [5.74, 6) is 0.421. The number of piperidine rings is 1. The summed E-state index contributed by atoms with van der Waals surface area (Å²) in [5, 5.41) is 3.38. The maximum atomic E-state index is 12.4. The van der Waals surface area contributed by atoms with Gasteiger partial charge >= 0.3 is 6.36 Å². The first-order valence-corrected chi connectivity index (χ1v) is 10.9. The molecule has 1 unspecified atom stereocenters. The summed E-state index contributed by atoms with van der Waals surface area (Å²) >= 11 is 0. The summed E-state index contributed by atoms with van der Waals surface area (Å²) < 4.78 is 47.0. The summed E-state index contributed by atoms with van der Waals surface area (Å²) in [6, 6.07) is 8.02. The van der Waals surface area contributed by atoms with Crippen molar-refractivity contribution in [3.8, 4) is 11.6 Å². The predicted octanol–water partition coefficient (Wildman–Crippen LogP) is 4.47. The van der Waals surface area contributed by atoms with E-state index in [9.17, 15) is 13.2 Å². The van der Waals surface area contributed by atoms with E-state index in [1.54, 1.807) is 12.1 Å². The van der Waals surface area contributed by atoms with Crippen molar-refractivity contribution in [3.63, 3.8) is 0 Å². The molecule has 2 aliphatic heterocycles. The van der Waals surface area contributed by atoms with Crippen LogP contribution in [0, 0.1) is 0 Å². The highest BCUT2D eigenvalue weighted by Crippen LogP contribution is 2.32. The van der Waals surface area contributed by atoms with Crippen molar-refractivity contribution < 1.29 is 22.6 Å². The molecule has 0 aliphatic carbocycles. The molecule has 2 aliphatic rings. The van der Waals surface area contributed by atoms with Crippen molar-refractivity contribution in [2.45, 2.75) is 44.5 Å². The number of alkyl halides is 3. The minimum atomic E-state index is -4.69. The monoisotopic (exact) mass is 435 g/mol. The van der Waals surface area contributed by atoms with E-state index >= 15 is 0 Å². The van der Waals surface area contributed by atoms with Crippen LogP contribution in [0.3, 0.4) is 0 Å². The van der Waals surface area contributed by atoms with Gasteiger partial charge in [0.15, 0.2) is 0 Å². The van der Waals surface area contributed by atoms with Gasteiger partial charge in [0.05, 0.1) is 6.61 Å². The Morgan fingerprint density at radius 2 is 1.87 bits per heavy atom. The van der Waals surface area contributed by atoms with Crippen molar-refractivity contribution in [2.75, 3.05) is 32.8 Å². The number of nitrogens with one attached hydrogen (secondary N) is 1. The Kier molecular flexibility index (Phi) is 6.97. The molecule has 3 heterocycles. The van der Waals surface area contributed by atoms with Crippen molar-refractivity contribution in [3.05, 3.63) is 53.2 Å². The lowest BCUT2D eigenvalue weighted by Gasteiger charge is -2.27. The van der Waals surface area contributed by atoms with Crippen molar-refractivity contribution in [2.24, 2.45) is 0 Å². The molecule has 1 aromatic carbocycles. The standard InChI is InChI=1S/C23H28F3N3O2/c24-23(25,26)31-19-7-5-17(6-8-19)20-15-27-14-18-13-22(28-16-21(18)20)30-12-4-11-29-9-2-1-3-10-29/h5-8,13,16,20,27H,1-4,9-12,14-15H2. The normalized spacial score (nSPS) is 19.6. The first-order valence-electron chi connectivity index (χ1n) is 10.9. The third-order valence-electron chi connectivity index (χ3n) is 5.87. The van der Waals surface area contributed by atoms with E-state index in [1.807, 2.05) is 12.3 Å². The molecule has 1 aromatic heterocycles. The summed E-state index contributed by atoms with van der Waals surface area (Å²) in [7, 11) is 0. The third kappa shape index (κ3) is 6.11. The fraction of sp³-hybridized carbons (Fsp3) is 0.522. The van der Waals surface area contributed by atoms with Crippen LogP contribution in [0.4, 0.5) is 13.2 Å². The average Bonchev–Trinajstić information content (AvgIpc) is 2.76. The van der Waals surface area contributed by atoms with Gasteiger partial charge in [-0.15, -0.1) is 13.2 Å². The minimum absolute atomic E-state index is 0.0179. The van der Waals surface area contributed by atoms with Gasteiger partial charge in [0.25, 0.3) is 0 Å². The summed E-state index contributed by atoms with van der Waals surface area (Å²) in [6.07, 6.45) is 2.05. The van der Waals surface area contributed by atoms with E-state index in [4.69, 9.17) is 4.74 Å². The van der Waals surface area contributed by atoms with Crippen LogP contribution in [0.2, 0.25) is 0 Å². The van der Waals surface area contributed by atoms with E-state index in [2.05, 4.69) is 19.9 Å². The molecule has 4 rings (SSSR count). The Labute approximate surface area is 180 Å². The zero-order chi connectivity index (χ0) is 21.7. The molecule has 0 radical (unpaired) electrons. The zero-order valence-corrected chi connectivity index (χ0v) is 17.5. The second-order valence-electron chi connectivity index (χ2n) is 8.13. The van der Waals surface area contributed by atoms with Crippen LogP contribution in [-0.4, -0.2) is 49.0 Å². The number of nitrogens with zero attached hydrogens (tertiary/aromatic N) is 2. The predicted molar refractivity (Wildman–Crippen MR) is 111 cm³/mol. The molecule has 168 valence electrons. The molecule has 1 fully saturated rings. The van der Waals surface area contributed by atoms with Crippen molar-refractivity contribution in [1.82, 2.24) is 15.2 Å². The molecule has 0 bridgehead atoms. The maximum Gasteiger partial charge on any atom is 0.573 e. The van der Waals surface area contributed by atoms with Gasteiger partial charge in [-0.2, -0.15) is 0 Å². The molecule has 8 heteroatoms. The van der Waals surface area contributed by atoms with Gasteiger partial charge in [0.1, 0.15) is 5.75 Å². The Morgan fingerprint density at radius 1 is 1.10 bits per heavy atom. The van der Waals surface area contributed by atoms with Crippen molar-refractivity contribution >= 4 is 0 Å². The summed E-state index contributed by atoms with van der Waals surface area (Å²) in [5.41, 5.74) is 3.09. The average molecular weight is 435 g/mol. The highest BCUT2D eigenvalue weighted by Gasteiger charge is 2.31. The highest BCUT2D eigenvalue weighted by atomic mass is 19.4. The van der Waals surface area contributed by atoms with Crippen LogP contribution in [0.1, 0.15) is 48.3 Å². The van der Waals surface area contributed by atoms with Gasteiger partial charge in [-0.05, 0) is 61.2 Å². The van der Waals surface area contributed by atoms with Crippen LogP contribution in [-0.2, 0) is 6.54 Å². The number of halogens is 3. The molecule has 1 N–H and O–H groups in total. The SMILES string of the molecule is FC(F)(F)Oc1ccc(C2CNCc3cc(OCCCN4CCCCC4)ncc32)cc1. The number of ether oxygens (including phenoxy) is 2. The molecule has 5 nitrogen and oxygen atoms in total. The van der Waals surface area contributed by atoms with E-state index in [0.717, 1.165) is 29.7 Å². The van der Waals surface area contributed by atoms with Crippen molar-refractivity contribution in [1.29, 1.82) is 0 Å². The Bertz CT molecular complexity index is 852. The fourth-order valence-electron chi connectivity index (χ4n) is 4.34. The lowest BCUT2D eigenvalue weighted by atomic mass is 9.87. The quantitative estimate of drug-likeness (QED) is 0.651. The molecular formula is C23H28F3N3O2. The van der Waals surface area contributed by atoms with Gasteiger partial charge < -0.3 is 19.7 Å². The van der Waals surface area contributed by atoms with Gasteiger partial charge in [-0.3, -0.25) is 0 Å². The smallest absolute Gasteiger partial charge is 0.478 e. The van der Waals surface area contributed by atoms with Crippen LogP contribution >= 0.6 is 0 Å². The van der Waals surface area contributed by atoms with Crippen LogP contribution in [0.25, 0.3) is 0 Å². The number of benzene rings is 1. The number of hydrogen-bond donors (Lipinski definition) is 1. The first-order chi connectivity index (χ1) is 15.0. The lowest BCUT2D eigenvalue weighted by molar-refractivity contribution is -0.274. The van der Waals surface area contributed by atoms with Gasteiger partial charge in [-0.1, -0.05) is 18.6 Å². The molecule has 31 heavy (non-hydrogen) atoms. The number of pyridine rings is 1. The number of aromatic nitrogens is 1. The topological polar surface area (TPSA) is 46.6 Å². The van der Waals surface area contributed by atoms with Crippen LogP contribution < -0.4 is 14.8 Å². The Hall–Kier alpha value is -2.32. The second kappa shape index (κ2) is 9.87. The molecule has 2 aromatic rings. The maximum absolute atomic E-state index is 12.4. The molecule has 0 spiro atoms. The minimum Gasteiger partial charge on any atom is -0.478 e. The number of rotatable bonds is 7. The summed E-state index contributed by atoms with van der Waals surface area (Å²) in [4.78, 5) is 6.97. The fourth-order valence-corrected chi connectivity index (χ4v) is 4.34. The summed E-state index contributed by atoms with van der Waals surface area (Å²) in [6.45, 7) is 5.49. The third-order valence-corrected chi connectivity index (χ3v) is 5.87. The molecule has 0 saturated carbocycles. The highest BCUT2D eigenvalue weighted by molar-refractivity contribution is 5.42. The van der Waals surface area contributed by atoms with E-state index in [1.165, 1.54) is 44.5 Å². The van der Waals surface area contributed by atoms with E-state index in [0.29, 0.717) is 25.6 Å². The Morgan fingerprint density at radius 3 is 2.61 bits per heavy atom. The van der Waals surface area contributed by atoms with E-state index < -0.39 is 6.36 Å². The van der Waals surface area contributed by atoms with Crippen LogP contribution in [0.5, 0.6) is 11.6 Å². The molecule has 1 saturated heterocycles. The number of likely N-dealkylation sites (tertiary alicyclic amines) is 1. The van der Waals surface area contributed by atoms with Gasteiger partial charge in [-0.25, -0.2) is 4.98 Å². The van der Waals surface area contributed by atoms with Gasteiger partial charge in [0.2, 0.25) is 5.88 Å². The zero-order valence-electron chi connectivity index (χ0n) is 17.5. The largest absolute Gasteiger partial charge is 0.573 e. The molecule has 1 atom stereocenters. The van der Waals surface area contributed by atoms with Crippen LogP contribution in [0.15, 0.2) is 36.5 Å². The number of fused-ring (bicyclic) bond motifs is 1.